The van der Waals surface area contributed by atoms with Gasteiger partial charge in [-0.2, -0.15) is 10.2 Å². The number of benzene rings is 1. The topological polar surface area (TPSA) is 37.1 Å². The number of azo groups is 1. The zero-order valence-corrected chi connectivity index (χ0v) is 9.78. The Balaban J connectivity index is 2.85. The van der Waals surface area contributed by atoms with Gasteiger partial charge in [0.1, 0.15) is 0 Å². The highest BCUT2D eigenvalue weighted by molar-refractivity contribution is 5.59. The molecule has 1 rings (SSSR count). The van der Waals surface area contributed by atoms with Crippen molar-refractivity contribution in [3.63, 3.8) is 0 Å². The highest BCUT2D eigenvalue weighted by Crippen LogP contribution is 2.22. The maximum atomic E-state index is 4.18. The van der Waals surface area contributed by atoms with Crippen molar-refractivity contribution in [2.75, 3.05) is 13.6 Å². The molecule has 3 heteroatoms. The fraction of sp³-hybridized carbons (Fsp3) is 0.417. The van der Waals surface area contributed by atoms with Crippen LogP contribution in [0.3, 0.4) is 0 Å². The average Bonchev–Trinajstić information content (AvgIpc) is 2.20. The minimum absolute atomic E-state index is 0.545. The van der Waals surface area contributed by atoms with E-state index in [2.05, 4.69) is 48.1 Å². The lowest BCUT2D eigenvalue weighted by molar-refractivity contribution is 1.09. The van der Waals surface area contributed by atoms with Gasteiger partial charge in [-0.1, -0.05) is 6.07 Å². The molecule has 0 unspecified atom stereocenters. The lowest BCUT2D eigenvalue weighted by Gasteiger charge is -2.04. The molecule has 0 atom stereocenters. The number of nitrogens with zero attached hydrogens (tertiary/aromatic N) is 3. The first-order valence-corrected chi connectivity index (χ1v) is 5.01. The minimum Gasteiger partial charge on any atom is -0.299 e. The maximum Gasteiger partial charge on any atom is 0.0951 e. The molecule has 80 valence electrons. The quantitative estimate of drug-likeness (QED) is 0.533. The van der Waals surface area contributed by atoms with E-state index in [1.54, 1.807) is 13.3 Å². The Morgan fingerprint density at radius 3 is 2.40 bits per heavy atom. The highest BCUT2D eigenvalue weighted by atomic mass is 15.1. The van der Waals surface area contributed by atoms with Gasteiger partial charge in [0, 0.05) is 13.3 Å². The summed E-state index contributed by atoms with van der Waals surface area (Å²) >= 11 is 0. The lowest BCUT2D eigenvalue weighted by atomic mass is 10.1. The van der Waals surface area contributed by atoms with Gasteiger partial charge in [-0.3, -0.25) is 4.99 Å². The number of aryl methyl sites for hydroxylation is 3. The van der Waals surface area contributed by atoms with Gasteiger partial charge in [0.05, 0.1) is 12.2 Å². The molecule has 0 saturated carbocycles. The van der Waals surface area contributed by atoms with Crippen molar-refractivity contribution >= 4 is 11.9 Å². The van der Waals surface area contributed by atoms with Crippen LogP contribution in [0, 0.1) is 20.8 Å². The molecule has 0 saturated heterocycles. The minimum atomic E-state index is 0.545. The largest absolute Gasteiger partial charge is 0.299 e. The second-order valence-electron chi connectivity index (χ2n) is 3.59. The first-order chi connectivity index (χ1) is 7.15. The van der Waals surface area contributed by atoms with Crippen molar-refractivity contribution in [3.05, 3.63) is 28.8 Å². The van der Waals surface area contributed by atoms with E-state index < -0.39 is 0 Å². The van der Waals surface area contributed by atoms with Gasteiger partial charge >= 0.3 is 0 Å². The number of hydrogen-bond acceptors (Lipinski definition) is 3. The van der Waals surface area contributed by atoms with E-state index >= 15 is 0 Å². The monoisotopic (exact) mass is 203 g/mol. The predicted octanol–water partition coefficient (Wildman–Crippen LogP) is 3.40. The van der Waals surface area contributed by atoms with E-state index in [-0.39, 0.29) is 0 Å². The zero-order valence-electron chi connectivity index (χ0n) is 9.78. The molecule has 15 heavy (non-hydrogen) atoms. The van der Waals surface area contributed by atoms with Crippen molar-refractivity contribution in [1.29, 1.82) is 0 Å². The summed E-state index contributed by atoms with van der Waals surface area (Å²) in [7, 11) is 1.73. The van der Waals surface area contributed by atoms with E-state index in [4.69, 9.17) is 0 Å². The Kier molecular flexibility index (Phi) is 4.16. The molecule has 0 aromatic heterocycles. The molecule has 0 aliphatic heterocycles. The second kappa shape index (κ2) is 5.39. The lowest BCUT2D eigenvalue weighted by Crippen LogP contribution is -1.84. The summed E-state index contributed by atoms with van der Waals surface area (Å²) in [6, 6.07) is 4.20. The Hall–Kier alpha value is -1.51. The van der Waals surface area contributed by atoms with E-state index in [0.29, 0.717) is 6.54 Å². The molecule has 0 radical (unpaired) electrons. The molecule has 0 fully saturated rings. The van der Waals surface area contributed by atoms with Gasteiger partial charge in [-0.15, -0.1) is 0 Å². The molecule has 1 aromatic carbocycles. The molecule has 0 aliphatic rings. The third-order valence-corrected chi connectivity index (χ3v) is 2.34. The smallest absolute Gasteiger partial charge is 0.0951 e. The number of rotatable bonds is 3. The third-order valence-electron chi connectivity index (χ3n) is 2.34. The molecular formula is C12H17N3. The second-order valence-corrected chi connectivity index (χ2v) is 3.59. The van der Waals surface area contributed by atoms with E-state index in [1.807, 2.05) is 0 Å². The van der Waals surface area contributed by atoms with E-state index in [1.165, 1.54) is 11.1 Å². The highest BCUT2D eigenvalue weighted by Gasteiger charge is 1.99. The third kappa shape index (κ3) is 3.27. The summed E-state index contributed by atoms with van der Waals surface area (Å²) in [6.07, 6.45) is 1.74. The van der Waals surface area contributed by atoms with Gasteiger partial charge in [-0.25, -0.2) is 0 Å². The first kappa shape index (κ1) is 11.6. The van der Waals surface area contributed by atoms with Crippen molar-refractivity contribution in [2.45, 2.75) is 20.8 Å². The Bertz CT molecular complexity index is 392. The van der Waals surface area contributed by atoms with Crippen LogP contribution in [0.1, 0.15) is 16.7 Å². The summed E-state index contributed by atoms with van der Waals surface area (Å²) < 4.78 is 0. The van der Waals surface area contributed by atoms with Crippen LogP contribution in [-0.2, 0) is 0 Å². The van der Waals surface area contributed by atoms with Crippen molar-refractivity contribution in [3.8, 4) is 0 Å². The zero-order chi connectivity index (χ0) is 11.3. The van der Waals surface area contributed by atoms with E-state index in [0.717, 1.165) is 11.3 Å². The van der Waals surface area contributed by atoms with Gasteiger partial charge in [0.25, 0.3) is 0 Å². The molecule has 0 aliphatic carbocycles. The summed E-state index contributed by atoms with van der Waals surface area (Å²) in [6.45, 7) is 6.78. The van der Waals surface area contributed by atoms with Gasteiger partial charge in [0.15, 0.2) is 0 Å². The molecule has 1 aromatic rings. The van der Waals surface area contributed by atoms with Crippen LogP contribution in [0.2, 0.25) is 0 Å². The Labute approximate surface area is 91.0 Å². The van der Waals surface area contributed by atoms with Crippen LogP contribution in [0.4, 0.5) is 5.69 Å². The fourth-order valence-electron chi connectivity index (χ4n) is 1.29. The Morgan fingerprint density at radius 1 is 1.07 bits per heavy atom. The summed E-state index contributed by atoms with van der Waals surface area (Å²) in [5.41, 5.74) is 4.65. The van der Waals surface area contributed by atoms with Crippen molar-refractivity contribution < 1.29 is 0 Å². The molecule has 3 nitrogen and oxygen atoms in total. The Morgan fingerprint density at radius 2 is 1.73 bits per heavy atom. The van der Waals surface area contributed by atoms with Crippen LogP contribution in [0.15, 0.2) is 27.4 Å². The summed E-state index contributed by atoms with van der Waals surface area (Å²) in [5.74, 6) is 0. The fourth-order valence-corrected chi connectivity index (χ4v) is 1.29. The standard InChI is InChI=1S/C12H17N3/c1-9-7-11(3)12(8-10(9)2)15-14-6-5-13-4/h5,7-8H,6H2,1-4H3. The van der Waals surface area contributed by atoms with Crippen LogP contribution < -0.4 is 0 Å². The summed E-state index contributed by atoms with van der Waals surface area (Å²) in [4.78, 5) is 3.84. The molecule has 0 spiro atoms. The van der Waals surface area contributed by atoms with Crippen LogP contribution in [-0.4, -0.2) is 19.8 Å². The molecule has 0 bridgehead atoms. The average molecular weight is 203 g/mol. The predicted molar refractivity (Wildman–Crippen MR) is 64.5 cm³/mol. The van der Waals surface area contributed by atoms with Crippen LogP contribution in [0.5, 0.6) is 0 Å². The SMILES string of the molecule is CN=CCN=Nc1cc(C)c(C)cc1C. The van der Waals surface area contributed by atoms with Crippen molar-refractivity contribution in [2.24, 2.45) is 15.2 Å². The normalized spacial score (nSPS) is 11.7. The molecule has 0 N–H and O–H groups in total. The summed E-state index contributed by atoms with van der Waals surface area (Å²) in [5, 5.41) is 8.22. The molecule has 0 amide bonds. The van der Waals surface area contributed by atoms with Gasteiger partial charge < -0.3 is 0 Å². The molecule has 0 heterocycles. The maximum absolute atomic E-state index is 4.18. The van der Waals surface area contributed by atoms with Crippen molar-refractivity contribution in [1.82, 2.24) is 0 Å². The van der Waals surface area contributed by atoms with Gasteiger partial charge in [-0.05, 0) is 43.5 Å². The first-order valence-electron chi connectivity index (χ1n) is 5.01. The number of aliphatic imine (C=N–C) groups is 1. The van der Waals surface area contributed by atoms with E-state index in [9.17, 15) is 0 Å². The van der Waals surface area contributed by atoms with Gasteiger partial charge in [0.2, 0.25) is 0 Å². The molecular weight excluding hydrogens is 186 g/mol. The van der Waals surface area contributed by atoms with Crippen LogP contribution in [0.25, 0.3) is 0 Å². The number of hydrogen-bond donors (Lipinski definition) is 0. The van der Waals surface area contributed by atoms with Crippen LogP contribution >= 0.6 is 0 Å².